The van der Waals surface area contributed by atoms with Gasteiger partial charge in [0.1, 0.15) is 6.04 Å². The lowest BCUT2D eigenvalue weighted by molar-refractivity contribution is -0.145. The number of carbonyl (C=O) groups is 1. The molecule has 1 unspecified atom stereocenters. The maximum absolute atomic E-state index is 11.4. The Morgan fingerprint density at radius 2 is 2.12 bits per heavy atom. The zero-order valence-electron chi connectivity index (χ0n) is 10.6. The van der Waals surface area contributed by atoms with E-state index in [0.29, 0.717) is 19.2 Å². The summed E-state index contributed by atoms with van der Waals surface area (Å²) in [5.41, 5.74) is 5.82. The highest BCUT2D eigenvalue weighted by molar-refractivity contribution is 5.75. The number of esters is 1. The zero-order chi connectivity index (χ0) is 12.1. The summed E-state index contributed by atoms with van der Waals surface area (Å²) in [6.07, 6.45) is 2.63. The minimum atomic E-state index is -0.513. The first-order valence-corrected chi connectivity index (χ1v) is 6.20. The largest absolute Gasteiger partial charge is 0.465 e. The minimum absolute atomic E-state index is 0.288. The lowest BCUT2D eigenvalue weighted by Gasteiger charge is -2.28. The quantitative estimate of drug-likeness (QED) is 0.660. The van der Waals surface area contributed by atoms with Gasteiger partial charge >= 0.3 is 5.97 Å². The van der Waals surface area contributed by atoms with E-state index in [1.54, 1.807) is 6.92 Å². The lowest BCUT2D eigenvalue weighted by Crippen LogP contribution is -2.46. The summed E-state index contributed by atoms with van der Waals surface area (Å²) in [7, 11) is 0. The monoisotopic (exact) mass is 228 g/mol. The van der Waals surface area contributed by atoms with Gasteiger partial charge < -0.3 is 10.5 Å². The molecule has 1 aliphatic carbocycles. The Morgan fingerprint density at radius 3 is 2.56 bits per heavy atom. The molecule has 0 radical (unpaired) electrons. The van der Waals surface area contributed by atoms with Gasteiger partial charge in [-0.25, -0.2) is 0 Å². The Bertz CT molecular complexity index is 227. The van der Waals surface area contributed by atoms with Crippen molar-refractivity contribution in [2.75, 3.05) is 19.7 Å². The first-order valence-electron chi connectivity index (χ1n) is 6.20. The molecule has 0 aromatic rings. The molecule has 2 N–H and O–H groups in total. The number of nitrogens with two attached hydrogens (primary N) is 1. The van der Waals surface area contributed by atoms with Gasteiger partial charge in [-0.05, 0) is 39.5 Å². The van der Waals surface area contributed by atoms with E-state index in [-0.39, 0.29) is 5.97 Å². The Hall–Kier alpha value is -0.610. The highest BCUT2D eigenvalue weighted by Crippen LogP contribution is 2.30. The van der Waals surface area contributed by atoms with Crippen molar-refractivity contribution < 1.29 is 9.53 Å². The number of nitrogens with zero attached hydrogens (tertiary/aromatic N) is 1. The van der Waals surface area contributed by atoms with Gasteiger partial charge in [0, 0.05) is 19.1 Å². The van der Waals surface area contributed by atoms with Gasteiger partial charge in [-0.1, -0.05) is 0 Å². The topological polar surface area (TPSA) is 55.6 Å². The van der Waals surface area contributed by atoms with Crippen molar-refractivity contribution in [2.24, 2.45) is 11.7 Å². The average molecular weight is 228 g/mol. The number of hydrogen-bond acceptors (Lipinski definition) is 4. The number of rotatable bonds is 7. The smallest absolute Gasteiger partial charge is 0.324 e. The van der Waals surface area contributed by atoms with Crippen LogP contribution >= 0.6 is 0 Å². The van der Waals surface area contributed by atoms with Crippen molar-refractivity contribution in [1.29, 1.82) is 0 Å². The fourth-order valence-corrected chi connectivity index (χ4v) is 1.70. The molecule has 1 saturated carbocycles. The SMILES string of the molecule is CCOC(=O)C(N)CN(CC1CC1)C(C)C. The van der Waals surface area contributed by atoms with Gasteiger partial charge in [0.05, 0.1) is 6.61 Å². The van der Waals surface area contributed by atoms with Crippen molar-refractivity contribution in [3.8, 4) is 0 Å². The molecule has 1 atom stereocenters. The first-order chi connectivity index (χ1) is 7.54. The van der Waals surface area contributed by atoms with E-state index in [2.05, 4.69) is 18.7 Å². The average Bonchev–Trinajstić information content (AvgIpc) is 3.00. The normalized spacial score (nSPS) is 17.9. The van der Waals surface area contributed by atoms with E-state index in [9.17, 15) is 4.79 Å². The van der Waals surface area contributed by atoms with Gasteiger partial charge in [0.15, 0.2) is 0 Å². The molecular weight excluding hydrogens is 204 g/mol. The Morgan fingerprint density at radius 1 is 1.50 bits per heavy atom. The van der Waals surface area contributed by atoms with E-state index in [1.165, 1.54) is 12.8 Å². The zero-order valence-corrected chi connectivity index (χ0v) is 10.6. The van der Waals surface area contributed by atoms with Crippen molar-refractivity contribution >= 4 is 5.97 Å². The van der Waals surface area contributed by atoms with Crippen LogP contribution in [0.4, 0.5) is 0 Å². The predicted octanol–water partition coefficient (Wildman–Crippen LogP) is 0.997. The summed E-state index contributed by atoms with van der Waals surface area (Å²) >= 11 is 0. The van der Waals surface area contributed by atoms with Crippen molar-refractivity contribution in [1.82, 2.24) is 4.90 Å². The fraction of sp³-hybridized carbons (Fsp3) is 0.917. The standard InChI is InChI=1S/C12H24N2O2/c1-4-16-12(15)11(13)8-14(9(2)3)7-10-5-6-10/h9-11H,4-8,13H2,1-3H3. The second-order valence-electron chi connectivity index (χ2n) is 4.85. The number of carbonyl (C=O) groups excluding carboxylic acids is 1. The molecular formula is C12H24N2O2. The summed E-state index contributed by atoms with van der Waals surface area (Å²) in [5.74, 6) is 0.528. The number of hydrogen-bond donors (Lipinski definition) is 1. The lowest BCUT2D eigenvalue weighted by atomic mass is 10.2. The highest BCUT2D eigenvalue weighted by Gasteiger charge is 2.27. The molecule has 16 heavy (non-hydrogen) atoms. The van der Waals surface area contributed by atoms with Crippen LogP contribution in [-0.4, -0.2) is 42.6 Å². The van der Waals surface area contributed by atoms with E-state index >= 15 is 0 Å². The van der Waals surface area contributed by atoms with Crippen LogP contribution in [0.1, 0.15) is 33.6 Å². The molecule has 0 saturated heterocycles. The summed E-state index contributed by atoms with van der Waals surface area (Å²) in [6, 6.07) is -0.0813. The van der Waals surface area contributed by atoms with Crippen LogP contribution in [0.3, 0.4) is 0 Å². The minimum Gasteiger partial charge on any atom is -0.465 e. The van der Waals surface area contributed by atoms with Gasteiger partial charge in [0.2, 0.25) is 0 Å². The fourth-order valence-electron chi connectivity index (χ4n) is 1.70. The van der Waals surface area contributed by atoms with Crippen LogP contribution < -0.4 is 5.73 Å². The van der Waals surface area contributed by atoms with Crippen LogP contribution in [0.2, 0.25) is 0 Å². The van der Waals surface area contributed by atoms with Crippen LogP contribution in [0.25, 0.3) is 0 Å². The Balaban J connectivity index is 2.36. The molecule has 0 bridgehead atoms. The summed E-state index contributed by atoms with van der Waals surface area (Å²) in [5, 5.41) is 0. The second kappa shape index (κ2) is 6.21. The van der Waals surface area contributed by atoms with Crippen LogP contribution in [0.5, 0.6) is 0 Å². The second-order valence-corrected chi connectivity index (χ2v) is 4.85. The third kappa shape index (κ3) is 4.49. The van der Waals surface area contributed by atoms with E-state index < -0.39 is 6.04 Å². The molecule has 0 aromatic heterocycles. The molecule has 0 aliphatic heterocycles. The van der Waals surface area contributed by atoms with E-state index in [1.807, 2.05) is 0 Å². The van der Waals surface area contributed by atoms with Crippen LogP contribution in [-0.2, 0) is 9.53 Å². The van der Waals surface area contributed by atoms with Crippen LogP contribution in [0, 0.1) is 5.92 Å². The molecule has 0 amide bonds. The van der Waals surface area contributed by atoms with Gasteiger partial charge in [-0.15, -0.1) is 0 Å². The summed E-state index contributed by atoms with van der Waals surface area (Å²) in [4.78, 5) is 13.7. The molecule has 4 heteroatoms. The third-order valence-electron chi connectivity index (χ3n) is 2.94. The van der Waals surface area contributed by atoms with Crippen molar-refractivity contribution in [2.45, 2.75) is 45.7 Å². The van der Waals surface area contributed by atoms with Gasteiger partial charge in [0.25, 0.3) is 0 Å². The highest BCUT2D eigenvalue weighted by atomic mass is 16.5. The Labute approximate surface area is 98.1 Å². The van der Waals surface area contributed by atoms with E-state index in [4.69, 9.17) is 10.5 Å². The van der Waals surface area contributed by atoms with Gasteiger partial charge in [-0.2, -0.15) is 0 Å². The van der Waals surface area contributed by atoms with Crippen LogP contribution in [0.15, 0.2) is 0 Å². The first kappa shape index (κ1) is 13.5. The molecule has 1 aliphatic rings. The molecule has 1 fully saturated rings. The summed E-state index contributed by atoms with van der Waals surface area (Å²) < 4.78 is 4.91. The summed E-state index contributed by atoms with van der Waals surface area (Å²) in [6.45, 7) is 8.14. The Kier molecular flexibility index (Phi) is 5.22. The molecule has 4 nitrogen and oxygen atoms in total. The van der Waals surface area contributed by atoms with E-state index in [0.717, 1.165) is 12.5 Å². The maximum Gasteiger partial charge on any atom is 0.324 e. The van der Waals surface area contributed by atoms with Crippen molar-refractivity contribution in [3.63, 3.8) is 0 Å². The molecule has 0 spiro atoms. The molecule has 94 valence electrons. The number of ether oxygens (including phenoxy) is 1. The predicted molar refractivity (Wildman–Crippen MR) is 64.0 cm³/mol. The van der Waals surface area contributed by atoms with Gasteiger partial charge in [-0.3, -0.25) is 9.69 Å². The maximum atomic E-state index is 11.4. The van der Waals surface area contributed by atoms with Crippen molar-refractivity contribution in [3.05, 3.63) is 0 Å². The third-order valence-corrected chi connectivity index (χ3v) is 2.94. The molecule has 0 aromatic carbocycles. The molecule has 1 rings (SSSR count). The molecule has 0 heterocycles.